The van der Waals surface area contributed by atoms with Gasteiger partial charge in [0.05, 0.1) is 18.2 Å². The number of H-pyrrole nitrogens is 1. The molecule has 2 N–H and O–H groups in total. The Hall–Kier alpha value is -3.57. The number of hydrogen-bond acceptors (Lipinski definition) is 6. The number of benzene rings is 2. The smallest absolute Gasteiger partial charge is 0.243 e. The number of rotatable bonds is 7. The highest BCUT2D eigenvalue weighted by atomic mass is 35.5. The Bertz CT molecular complexity index is 1220. The SMILES string of the molecule is CCCc1[nH]nc2c1C(c1cccc(OC)c1OCc1c(F)cccc1Cl)C(C#N)C(=N)O2. The summed E-state index contributed by atoms with van der Waals surface area (Å²) in [6, 6.07) is 11.9. The van der Waals surface area contributed by atoms with Crippen LogP contribution in [0, 0.1) is 28.5 Å². The fraction of sp³-hybridized carbons (Fsp3) is 0.292. The summed E-state index contributed by atoms with van der Waals surface area (Å²) in [7, 11) is 1.50. The molecule has 2 atom stereocenters. The molecule has 9 heteroatoms. The quantitative estimate of drug-likeness (QED) is 0.484. The Balaban J connectivity index is 1.84. The highest BCUT2D eigenvalue weighted by molar-refractivity contribution is 6.31. The highest BCUT2D eigenvalue weighted by Gasteiger charge is 2.42. The van der Waals surface area contributed by atoms with Crippen molar-refractivity contribution in [2.45, 2.75) is 32.3 Å². The van der Waals surface area contributed by atoms with Crippen LogP contribution < -0.4 is 14.2 Å². The monoisotopic (exact) mass is 468 g/mol. The molecule has 2 unspecified atom stereocenters. The van der Waals surface area contributed by atoms with E-state index in [1.807, 2.05) is 6.92 Å². The summed E-state index contributed by atoms with van der Waals surface area (Å²) in [5.74, 6) is -1.15. The first-order valence-electron chi connectivity index (χ1n) is 10.5. The first-order chi connectivity index (χ1) is 16.0. The number of hydrogen-bond donors (Lipinski definition) is 2. The van der Waals surface area contributed by atoms with Crippen LogP contribution in [0.3, 0.4) is 0 Å². The summed E-state index contributed by atoms with van der Waals surface area (Å²) in [5.41, 5.74) is 2.36. The number of nitrogens with zero attached hydrogens (tertiary/aromatic N) is 2. The molecule has 3 aromatic rings. The lowest BCUT2D eigenvalue weighted by Crippen LogP contribution is -2.31. The van der Waals surface area contributed by atoms with Gasteiger partial charge in [-0.15, -0.1) is 5.10 Å². The van der Waals surface area contributed by atoms with Crippen molar-refractivity contribution in [3.05, 3.63) is 69.6 Å². The van der Waals surface area contributed by atoms with E-state index >= 15 is 0 Å². The number of aromatic nitrogens is 2. The van der Waals surface area contributed by atoms with Gasteiger partial charge >= 0.3 is 0 Å². The molecule has 0 saturated heterocycles. The van der Waals surface area contributed by atoms with Crippen LogP contribution in [0.4, 0.5) is 4.39 Å². The summed E-state index contributed by atoms with van der Waals surface area (Å²) >= 11 is 6.18. The molecule has 0 fully saturated rings. The standard InChI is InChI=1S/C24H22ClFN4O3/c1-3-6-18-21-20(14(11-27)23(28)33-24(21)30-29-18)13-7-4-10-19(31-2)22(13)32-12-15-16(25)8-5-9-17(15)26/h4-5,7-10,14,20,28H,3,6,12H2,1-2H3,(H,29,30). The predicted molar refractivity (Wildman–Crippen MR) is 121 cm³/mol. The number of para-hydroxylation sites is 1. The highest BCUT2D eigenvalue weighted by Crippen LogP contribution is 2.48. The Labute approximate surface area is 195 Å². The van der Waals surface area contributed by atoms with Crippen LogP contribution >= 0.6 is 11.6 Å². The number of ether oxygens (including phenoxy) is 3. The van der Waals surface area contributed by atoms with Crippen LogP contribution in [0.25, 0.3) is 0 Å². The maximum absolute atomic E-state index is 14.4. The van der Waals surface area contributed by atoms with Gasteiger partial charge in [-0.2, -0.15) is 5.26 Å². The van der Waals surface area contributed by atoms with E-state index in [-0.39, 0.29) is 29.0 Å². The van der Waals surface area contributed by atoms with E-state index in [2.05, 4.69) is 16.3 Å². The van der Waals surface area contributed by atoms with Crippen LogP contribution in [-0.2, 0) is 13.0 Å². The van der Waals surface area contributed by atoms with E-state index in [1.165, 1.54) is 19.2 Å². The lowest BCUT2D eigenvalue weighted by atomic mass is 9.78. The van der Waals surface area contributed by atoms with Gasteiger partial charge in [-0.1, -0.05) is 43.1 Å². The molecule has 33 heavy (non-hydrogen) atoms. The second kappa shape index (κ2) is 9.51. The van der Waals surface area contributed by atoms with Gasteiger partial charge in [0.25, 0.3) is 0 Å². The van der Waals surface area contributed by atoms with Gasteiger partial charge in [-0.3, -0.25) is 10.5 Å². The summed E-state index contributed by atoms with van der Waals surface area (Å²) < 4.78 is 31.5. The molecular weight excluding hydrogens is 447 g/mol. The number of aryl methyl sites for hydroxylation is 1. The van der Waals surface area contributed by atoms with Gasteiger partial charge in [-0.05, 0) is 24.6 Å². The van der Waals surface area contributed by atoms with Crippen LogP contribution in [-0.4, -0.2) is 23.2 Å². The second-order valence-electron chi connectivity index (χ2n) is 7.59. The molecule has 1 aliphatic heterocycles. The molecule has 0 amide bonds. The zero-order chi connectivity index (χ0) is 23.5. The minimum Gasteiger partial charge on any atom is -0.493 e. The fourth-order valence-corrected chi connectivity index (χ4v) is 4.29. The minimum atomic E-state index is -0.905. The third-order valence-electron chi connectivity index (χ3n) is 5.61. The first kappa shape index (κ1) is 22.6. The Morgan fingerprint density at radius 3 is 2.79 bits per heavy atom. The summed E-state index contributed by atoms with van der Waals surface area (Å²) in [5, 5.41) is 25.7. The molecule has 2 aromatic carbocycles. The number of aromatic amines is 1. The third-order valence-corrected chi connectivity index (χ3v) is 5.96. The van der Waals surface area contributed by atoms with Crippen LogP contribution in [0.2, 0.25) is 5.02 Å². The number of halogens is 2. The maximum Gasteiger partial charge on any atom is 0.243 e. The fourth-order valence-electron chi connectivity index (χ4n) is 4.07. The molecule has 170 valence electrons. The van der Waals surface area contributed by atoms with Crippen LogP contribution in [0.1, 0.15) is 41.6 Å². The zero-order valence-electron chi connectivity index (χ0n) is 18.1. The van der Waals surface area contributed by atoms with Crippen molar-refractivity contribution in [3.8, 4) is 23.4 Å². The van der Waals surface area contributed by atoms with Gasteiger partial charge in [0.15, 0.2) is 11.5 Å². The lowest BCUT2D eigenvalue weighted by molar-refractivity contribution is 0.274. The number of fused-ring (bicyclic) bond motifs is 1. The van der Waals surface area contributed by atoms with E-state index in [4.69, 9.17) is 31.2 Å². The first-order valence-corrected chi connectivity index (χ1v) is 10.8. The van der Waals surface area contributed by atoms with Gasteiger partial charge in [-0.25, -0.2) is 4.39 Å². The summed E-state index contributed by atoms with van der Waals surface area (Å²) in [6.45, 7) is 1.89. The van der Waals surface area contributed by atoms with Gasteiger partial charge in [0.2, 0.25) is 11.8 Å². The van der Waals surface area contributed by atoms with Crippen molar-refractivity contribution in [2.24, 2.45) is 5.92 Å². The second-order valence-corrected chi connectivity index (χ2v) is 8.00. The van der Waals surface area contributed by atoms with Gasteiger partial charge < -0.3 is 14.2 Å². The molecule has 0 aliphatic carbocycles. The average molecular weight is 469 g/mol. The number of methoxy groups -OCH3 is 1. The number of nitrogens with one attached hydrogen (secondary N) is 2. The normalized spacial score (nSPS) is 17.1. The van der Waals surface area contributed by atoms with E-state index < -0.39 is 17.7 Å². The summed E-state index contributed by atoms with van der Waals surface area (Å²) in [6.07, 6.45) is 1.54. The van der Waals surface area contributed by atoms with Crippen molar-refractivity contribution in [3.63, 3.8) is 0 Å². The zero-order valence-corrected chi connectivity index (χ0v) is 18.9. The van der Waals surface area contributed by atoms with Gasteiger partial charge in [0, 0.05) is 28.3 Å². The molecule has 0 bridgehead atoms. The van der Waals surface area contributed by atoms with Crippen molar-refractivity contribution < 1.29 is 18.6 Å². The largest absolute Gasteiger partial charge is 0.493 e. The van der Waals surface area contributed by atoms with Crippen LogP contribution in [0.5, 0.6) is 17.4 Å². The topological polar surface area (TPSA) is 104 Å². The Morgan fingerprint density at radius 2 is 2.09 bits per heavy atom. The Kier molecular flexibility index (Phi) is 6.52. The van der Waals surface area contributed by atoms with Gasteiger partial charge in [0.1, 0.15) is 18.3 Å². The average Bonchev–Trinajstić information content (AvgIpc) is 3.20. The lowest BCUT2D eigenvalue weighted by Gasteiger charge is -2.30. The Morgan fingerprint density at radius 1 is 1.30 bits per heavy atom. The molecule has 1 aromatic heterocycles. The van der Waals surface area contributed by atoms with E-state index in [0.717, 1.165) is 12.1 Å². The molecular formula is C24H22ClFN4O3. The molecule has 7 nitrogen and oxygen atoms in total. The molecule has 4 rings (SSSR count). The van der Waals surface area contributed by atoms with Crippen molar-refractivity contribution in [1.82, 2.24) is 10.2 Å². The van der Waals surface area contributed by atoms with E-state index in [1.54, 1.807) is 24.3 Å². The van der Waals surface area contributed by atoms with Crippen molar-refractivity contribution in [2.75, 3.05) is 7.11 Å². The minimum absolute atomic E-state index is 0.142. The van der Waals surface area contributed by atoms with Crippen LogP contribution in [0.15, 0.2) is 36.4 Å². The van der Waals surface area contributed by atoms with Crippen molar-refractivity contribution >= 4 is 17.5 Å². The third kappa shape index (κ3) is 4.12. The van der Waals surface area contributed by atoms with E-state index in [9.17, 15) is 9.65 Å². The van der Waals surface area contributed by atoms with E-state index in [0.29, 0.717) is 29.0 Å². The number of nitriles is 1. The predicted octanol–water partition coefficient (Wildman–Crippen LogP) is 5.38. The maximum atomic E-state index is 14.4. The molecule has 0 spiro atoms. The molecule has 0 radical (unpaired) electrons. The summed E-state index contributed by atoms with van der Waals surface area (Å²) in [4.78, 5) is 0. The van der Waals surface area contributed by atoms with Crippen molar-refractivity contribution in [1.29, 1.82) is 10.7 Å². The molecule has 0 saturated carbocycles. The molecule has 2 heterocycles. The molecule has 1 aliphatic rings.